The van der Waals surface area contributed by atoms with Crippen LogP contribution in [-0.4, -0.2) is 109 Å². The Balaban J connectivity index is 0.930. The molecule has 2 atom stereocenters. The van der Waals surface area contributed by atoms with E-state index in [1.807, 2.05) is 12.1 Å². The predicted molar refractivity (Wildman–Crippen MR) is 244 cm³/mol. The lowest BCUT2D eigenvalue weighted by Gasteiger charge is -2.41. The fraction of sp³-hybridized carbons (Fsp3) is 0.320. The number of anilines is 2. The summed E-state index contributed by atoms with van der Waals surface area (Å²) in [6.45, 7) is 7.59. The highest BCUT2D eigenvalue weighted by Crippen LogP contribution is 2.40. The minimum Gasteiger partial charge on any atom is -0.336 e. The standard InChI is InChI=1S/C50H46F6N10O4/c1-31-41(43(35-13-9-33(29-57)10-14-35)59-47(69)65(31)39-7-3-5-37(27-39)49(51,52)53)45(67)63-23-19-61(20-24-63)17-18-62-21-25-64(26-22-62)46(68)42-32(2)66(40-8-4-6-38(28-40)50(54,55)56)48(70)60-44(42)36-15-11-34(30-58)12-16-36/h3-16,27-28,43-44H,17-26H2,1-2H3,(H,59,69)(H,60,70)/t43-,44-/m1/s1. The molecule has 4 aromatic carbocycles. The number of hydrogen-bond acceptors (Lipinski definition) is 8. The van der Waals surface area contributed by atoms with Gasteiger partial charge < -0.3 is 20.4 Å². The number of rotatable bonds is 9. The number of nitrogens with one attached hydrogen (secondary N) is 2. The molecule has 4 heterocycles. The van der Waals surface area contributed by atoms with Crippen molar-refractivity contribution in [2.75, 3.05) is 75.2 Å². The number of allylic oxidation sites excluding steroid dienone is 2. The van der Waals surface area contributed by atoms with Gasteiger partial charge in [-0.1, -0.05) is 36.4 Å². The van der Waals surface area contributed by atoms with Gasteiger partial charge in [-0.2, -0.15) is 36.9 Å². The zero-order chi connectivity index (χ0) is 50.1. The van der Waals surface area contributed by atoms with Crippen molar-refractivity contribution in [3.05, 3.63) is 153 Å². The summed E-state index contributed by atoms with van der Waals surface area (Å²) in [6, 6.07) is 22.1. The summed E-state index contributed by atoms with van der Waals surface area (Å²) in [6.07, 6.45) is -9.34. The molecule has 2 saturated heterocycles. The maximum Gasteiger partial charge on any atom is 0.416 e. The molecule has 0 aromatic heterocycles. The highest BCUT2D eigenvalue weighted by Gasteiger charge is 2.42. The summed E-state index contributed by atoms with van der Waals surface area (Å²) in [5.41, 5.74) is 0.400. The van der Waals surface area contributed by atoms with Gasteiger partial charge in [-0.25, -0.2) is 9.59 Å². The third-order valence-corrected chi connectivity index (χ3v) is 13.1. The van der Waals surface area contributed by atoms with Gasteiger partial charge in [0.15, 0.2) is 0 Å². The first-order valence-corrected chi connectivity index (χ1v) is 22.4. The fourth-order valence-corrected chi connectivity index (χ4v) is 9.28. The molecule has 0 radical (unpaired) electrons. The van der Waals surface area contributed by atoms with Crippen LogP contribution in [-0.2, 0) is 21.9 Å². The van der Waals surface area contributed by atoms with Crippen LogP contribution >= 0.6 is 0 Å². The van der Waals surface area contributed by atoms with Gasteiger partial charge in [0.25, 0.3) is 11.8 Å². The number of carbonyl (C=O) groups is 4. The van der Waals surface area contributed by atoms with Gasteiger partial charge in [0.2, 0.25) is 0 Å². The maximum atomic E-state index is 14.5. The first-order valence-electron chi connectivity index (χ1n) is 22.4. The maximum absolute atomic E-state index is 14.5. The van der Waals surface area contributed by atoms with Gasteiger partial charge in [0.1, 0.15) is 0 Å². The molecule has 0 unspecified atom stereocenters. The van der Waals surface area contributed by atoms with Crippen molar-refractivity contribution in [2.45, 2.75) is 38.3 Å². The lowest BCUT2D eigenvalue weighted by atomic mass is 9.92. The molecule has 2 N–H and O–H groups in total. The lowest BCUT2D eigenvalue weighted by Crippen LogP contribution is -2.55. The zero-order valence-electron chi connectivity index (χ0n) is 37.9. The van der Waals surface area contributed by atoms with Crippen LogP contribution in [0.5, 0.6) is 0 Å². The Morgan fingerprint density at radius 3 is 1.21 bits per heavy atom. The highest BCUT2D eigenvalue weighted by molar-refractivity contribution is 6.06. The topological polar surface area (TPSA) is 159 Å². The molecule has 70 heavy (non-hydrogen) atoms. The highest BCUT2D eigenvalue weighted by atomic mass is 19.4. The third-order valence-electron chi connectivity index (χ3n) is 13.1. The van der Waals surface area contributed by atoms with Gasteiger partial charge >= 0.3 is 24.4 Å². The zero-order valence-corrected chi connectivity index (χ0v) is 37.9. The Labute approximate surface area is 399 Å². The lowest BCUT2D eigenvalue weighted by molar-refractivity contribution is -0.138. The molecular weight excluding hydrogens is 919 g/mol. The molecule has 4 aliphatic rings. The summed E-state index contributed by atoms with van der Waals surface area (Å²) in [5, 5.41) is 24.4. The number of hydrogen-bond donors (Lipinski definition) is 2. The van der Waals surface area contributed by atoms with Crippen molar-refractivity contribution in [3.8, 4) is 12.1 Å². The van der Waals surface area contributed by atoms with Crippen LogP contribution in [0.4, 0.5) is 47.3 Å². The Morgan fingerprint density at radius 1 is 0.557 bits per heavy atom. The van der Waals surface area contributed by atoms with E-state index < -0.39 is 59.4 Å². The van der Waals surface area contributed by atoms with Crippen molar-refractivity contribution in [2.24, 2.45) is 0 Å². The van der Waals surface area contributed by atoms with E-state index in [0.717, 1.165) is 34.1 Å². The number of amides is 6. The molecule has 362 valence electrons. The number of halogens is 6. The van der Waals surface area contributed by atoms with Gasteiger partial charge in [-0.05, 0) is 85.6 Å². The Bertz CT molecular complexity index is 2640. The van der Waals surface area contributed by atoms with Gasteiger partial charge in [-0.3, -0.25) is 29.2 Å². The quantitative estimate of drug-likeness (QED) is 0.163. The van der Waals surface area contributed by atoms with E-state index in [9.17, 15) is 56.0 Å². The number of carbonyl (C=O) groups excluding carboxylic acids is 4. The number of benzene rings is 4. The van der Waals surface area contributed by atoms with E-state index in [-0.39, 0.29) is 33.9 Å². The van der Waals surface area contributed by atoms with Crippen molar-refractivity contribution in [1.29, 1.82) is 10.5 Å². The summed E-state index contributed by atoms with van der Waals surface area (Å²) in [5.74, 6) is -0.793. The first kappa shape index (κ1) is 48.8. The SMILES string of the molecule is CC1=C(C(=O)N2CCN(CCN3CCN(C(=O)C4=C(C)N(c5cccc(C(F)(F)F)c5)C(=O)N[C@@H]4c4ccc(C#N)cc4)CC3)CC2)[C@@H](c2ccc(C#N)cc2)NC(=O)N1c1cccc(C(F)(F)F)c1. The minimum absolute atomic E-state index is 0.0638. The number of urea groups is 2. The third kappa shape index (κ3) is 10.1. The van der Waals surface area contributed by atoms with E-state index in [1.54, 1.807) is 58.3 Å². The average molecular weight is 965 g/mol. The van der Waals surface area contributed by atoms with Gasteiger partial charge in [0.05, 0.1) is 69.0 Å². The number of piperazine rings is 2. The molecule has 4 aliphatic heterocycles. The number of alkyl halides is 6. The van der Waals surface area contributed by atoms with E-state index in [2.05, 4.69) is 20.4 Å². The molecule has 0 saturated carbocycles. The molecule has 8 rings (SSSR count). The molecule has 0 bridgehead atoms. The Hall–Kier alpha value is -7.68. The van der Waals surface area contributed by atoms with E-state index in [0.29, 0.717) is 87.7 Å². The molecule has 14 nitrogen and oxygen atoms in total. The molecule has 0 spiro atoms. The molecule has 6 amide bonds. The van der Waals surface area contributed by atoms with E-state index in [4.69, 9.17) is 0 Å². The van der Waals surface area contributed by atoms with Crippen molar-refractivity contribution < 1.29 is 45.5 Å². The van der Waals surface area contributed by atoms with Gasteiger partial charge in [-0.15, -0.1) is 0 Å². The predicted octanol–water partition coefficient (Wildman–Crippen LogP) is 7.55. The smallest absolute Gasteiger partial charge is 0.336 e. The van der Waals surface area contributed by atoms with Crippen LogP contribution in [0.3, 0.4) is 0 Å². The van der Waals surface area contributed by atoms with Crippen molar-refractivity contribution in [3.63, 3.8) is 0 Å². The normalized spacial score (nSPS) is 19.7. The molecule has 0 aliphatic carbocycles. The molecular formula is C50H46F6N10O4. The molecule has 2 fully saturated rings. The summed E-state index contributed by atoms with van der Waals surface area (Å²) >= 11 is 0. The van der Waals surface area contributed by atoms with Crippen LogP contribution in [0.2, 0.25) is 0 Å². The van der Waals surface area contributed by atoms with Crippen LogP contribution in [0, 0.1) is 22.7 Å². The Morgan fingerprint density at radius 2 is 0.900 bits per heavy atom. The second-order valence-corrected chi connectivity index (χ2v) is 17.3. The van der Waals surface area contributed by atoms with Crippen LogP contribution in [0.1, 0.15) is 59.3 Å². The summed E-state index contributed by atoms with van der Waals surface area (Å²) in [7, 11) is 0. The summed E-state index contributed by atoms with van der Waals surface area (Å²) in [4.78, 5) is 66.1. The average Bonchev–Trinajstić information content (AvgIpc) is 3.35. The van der Waals surface area contributed by atoms with E-state index >= 15 is 0 Å². The first-order chi connectivity index (χ1) is 33.4. The second kappa shape index (κ2) is 19.7. The second-order valence-electron chi connectivity index (χ2n) is 17.3. The van der Waals surface area contributed by atoms with Crippen molar-refractivity contribution in [1.82, 2.24) is 30.2 Å². The van der Waals surface area contributed by atoms with Crippen LogP contribution < -0.4 is 20.4 Å². The fourth-order valence-electron chi connectivity index (χ4n) is 9.28. The minimum atomic E-state index is -4.67. The van der Waals surface area contributed by atoms with Crippen molar-refractivity contribution >= 4 is 35.3 Å². The Kier molecular flexibility index (Phi) is 13.8. The van der Waals surface area contributed by atoms with Crippen LogP contribution in [0.15, 0.2) is 120 Å². The molecule has 4 aromatic rings. The number of nitrogens with zero attached hydrogens (tertiary/aromatic N) is 8. The molecule has 20 heteroatoms. The largest absolute Gasteiger partial charge is 0.416 e. The van der Waals surface area contributed by atoms with Crippen LogP contribution in [0.25, 0.3) is 0 Å². The monoisotopic (exact) mass is 964 g/mol. The number of nitriles is 2. The van der Waals surface area contributed by atoms with Gasteiger partial charge in [0, 0.05) is 76.8 Å². The summed E-state index contributed by atoms with van der Waals surface area (Å²) < 4.78 is 82.4. The van der Waals surface area contributed by atoms with E-state index in [1.165, 1.54) is 38.1 Å².